The van der Waals surface area contributed by atoms with Gasteiger partial charge in [0.15, 0.2) is 15.1 Å². The molecule has 1 amide bonds. The van der Waals surface area contributed by atoms with E-state index in [-0.39, 0.29) is 28.9 Å². The lowest BCUT2D eigenvalue weighted by molar-refractivity contribution is -0.113. The zero-order valence-electron chi connectivity index (χ0n) is 19.5. The number of aromatic nitrogens is 3. The Labute approximate surface area is 220 Å². The summed E-state index contributed by atoms with van der Waals surface area (Å²) in [5.41, 5.74) is 2.18. The number of halogens is 2. The van der Waals surface area contributed by atoms with Crippen molar-refractivity contribution >= 4 is 48.2 Å². The molecule has 1 aliphatic rings. The standard InChI is InChI=1S/C22H19F2N5O6S3/c1-38(33,34)18(19-28-27-17(35-19)9-25-37(31)32)20-26-15-6-5-13(8-16(15)36-20)12-3-2-4-14(7-12)21(30)29-10-22(23,24)11-29/h2-8,18,37H,9-11H2,1H3,(H,25,31,32). The summed E-state index contributed by atoms with van der Waals surface area (Å²) in [5.74, 6) is -3.69. The number of alkyl halides is 2. The fraction of sp³-hybridized carbons (Fsp3) is 0.273. The SMILES string of the molecule is CS(=O)(=O)C(c1nnc(CN[SH](=O)=O)o1)c1nc2ccc(-c3cccc(C(=O)N4CC(F)(F)C4)c3)cc2s1. The summed E-state index contributed by atoms with van der Waals surface area (Å²) in [6, 6.07) is 11.8. The number of amides is 1. The number of thiol groups is 1. The van der Waals surface area contributed by atoms with Gasteiger partial charge in [-0.05, 0) is 35.4 Å². The lowest BCUT2D eigenvalue weighted by Crippen LogP contribution is -2.58. The molecule has 2 aromatic carbocycles. The minimum Gasteiger partial charge on any atom is -0.422 e. The normalized spacial score (nSPS) is 16.1. The van der Waals surface area contributed by atoms with Crippen LogP contribution in [0.1, 0.15) is 32.4 Å². The number of likely N-dealkylation sites (tertiary alicyclic amines) is 1. The second-order valence-electron chi connectivity index (χ2n) is 8.67. The number of hydrogen-bond acceptors (Lipinski definition) is 10. The van der Waals surface area contributed by atoms with Crippen LogP contribution < -0.4 is 4.72 Å². The summed E-state index contributed by atoms with van der Waals surface area (Å²) in [4.78, 5) is 18.1. The maximum atomic E-state index is 13.2. The molecule has 1 aliphatic heterocycles. The summed E-state index contributed by atoms with van der Waals surface area (Å²) < 4.78 is 81.3. The molecule has 1 fully saturated rings. The number of nitrogens with zero attached hydrogens (tertiary/aromatic N) is 4. The Morgan fingerprint density at radius 3 is 2.61 bits per heavy atom. The first-order valence-corrected chi connectivity index (χ1v) is 14.9. The molecule has 0 saturated carbocycles. The number of carbonyl (C=O) groups excluding carboxylic acids is 1. The molecule has 1 unspecified atom stereocenters. The summed E-state index contributed by atoms with van der Waals surface area (Å²) >= 11 is 1.10. The van der Waals surface area contributed by atoms with Crippen molar-refractivity contribution in [1.82, 2.24) is 24.8 Å². The predicted molar refractivity (Wildman–Crippen MR) is 134 cm³/mol. The largest absolute Gasteiger partial charge is 0.422 e. The quantitative estimate of drug-likeness (QED) is 0.297. The average Bonchev–Trinajstić information content (AvgIpc) is 3.46. The molecule has 1 saturated heterocycles. The van der Waals surface area contributed by atoms with Gasteiger partial charge in [0, 0.05) is 11.8 Å². The van der Waals surface area contributed by atoms with Gasteiger partial charge in [0.25, 0.3) is 11.8 Å². The highest BCUT2D eigenvalue weighted by atomic mass is 32.2. The zero-order chi connectivity index (χ0) is 27.2. The second kappa shape index (κ2) is 9.76. The van der Waals surface area contributed by atoms with E-state index in [1.165, 1.54) is 0 Å². The fourth-order valence-corrected chi connectivity index (χ4v) is 6.75. The van der Waals surface area contributed by atoms with Crippen LogP contribution in [0.15, 0.2) is 46.9 Å². The highest BCUT2D eigenvalue weighted by Crippen LogP contribution is 2.36. The Bertz CT molecular complexity index is 1720. The molecular weight excluding hydrogens is 564 g/mol. The van der Waals surface area contributed by atoms with Crippen LogP contribution in [0.4, 0.5) is 8.78 Å². The Kier molecular flexibility index (Phi) is 6.75. The maximum Gasteiger partial charge on any atom is 0.282 e. The van der Waals surface area contributed by atoms with Crippen LogP contribution in [0.25, 0.3) is 21.3 Å². The van der Waals surface area contributed by atoms with Crippen molar-refractivity contribution < 1.29 is 34.8 Å². The molecule has 0 bridgehead atoms. The van der Waals surface area contributed by atoms with Gasteiger partial charge in [-0.25, -0.2) is 35.3 Å². The number of fused-ring (bicyclic) bond motifs is 1. The van der Waals surface area contributed by atoms with Crippen molar-refractivity contribution in [2.45, 2.75) is 17.7 Å². The molecule has 5 rings (SSSR count). The van der Waals surface area contributed by atoms with Gasteiger partial charge < -0.3 is 9.32 Å². The number of carbonyl (C=O) groups is 1. The van der Waals surface area contributed by atoms with Crippen LogP contribution in [0.2, 0.25) is 0 Å². The summed E-state index contributed by atoms with van der Waals surface area (Å²) in [6.07, 6.45) is 1.00. The van der Waals surface area contributed by atoms with E-state index < -0.39 is 50.9 Å². The van der Waals surface area contributed by atoms with Crippen molar-refractivity contribution in [3.63, 3.8) is 0 Å². The van der Waals surface area contributed by atoms with E-state index in [4.69, 9.17) is 4.42 Å². The topological polar surface area (TPSA) is 152 Å². The predicted octanol–water partition coefficient (Wildman–Crippen LogP) is 2.19. The average molecular weight is 584 g/mol. The van der Waals surface area contributed by atoms with Crippen LogP contribution in [-0.2, 0) is 27.3 Å². The molecule has 16 heteroatoms. The molecule has 1 atom stereocenters. The molecular formula is C22H19F2N5O6S3. The molecule has 2 aromatic heterocycles. The lowest BCUT2D eigenvalue weighted by Gasteiger charge is -2.38. The van der Waals surface area contributed by atoms with Crippen LogP contribution in [0.3, 0.4) is 0 Å². The van der Waals surface area contributed by atoms with Gasteiger partial charge in [-0.2, -0.15) is 0 Å². The minimum absolute atomic E-state index is 0.104. The third kappa shape index (κ3) is 5.43. The first kappa shape index (κ1) is 26.3. The zero-order valence-corrected chi connectivity index (χ0v) is 22.0. The van der Waals surface area contributed by atoms with E-state index in [9.17, 15) is 30.4 Å². The van der Waals surface area contributed by atoms with Gasteiger partial charge >= 0.3 is 0 Å². The molecule has 0 radical (unpaired) electrons. The van der Waals surface area contributed by atoms with Crippen LogP contribution >= 0.6 is 11.3 Å². The molecule has 4 aromatic rings. The number of sulfone groups is 1. The number of thiazole rings is 1. The lowest BCUT2D eigenvalue weighted by atomic mass is 10.0. The van der Waals surface area contributed by atoms with Crippen molar-refractivity contribution in [3.8, 4) is 11.1 Å². The number of nitrogens with one attached hydrogen (secondary N) is 1. The van der Waals surface area contributed by atoms with Gasteiger partial charge in [0.05, 0.1) is 29.9 Å². The second-order valence-corrected chi connectivity index (χ2v) is 12.7. The van der Waals surface area contributed by atoms with Gasteiger partial charge in [0.2, 0.25) is 22.7 Å². The van der Waals surface area contributed by atoms with Crippen molar-refractivity contribution in [2.75, 3.05) is 19.3 Å². The van der Waals surface area contributed by atoms with Crippen LogP contribution in [-0.4, -0.2) is 68.1 Å². The molecule has 1 N–H and O–H groups in total. The van der Waals surface area contributed by atoms with Crippen molar-refractivity contribution in [2.24, 2.45) is 0 Å². The molecule has 11 nitrogen and oxygen atoms in total. The summed E-state index contributed by atoms with van der Waals surface area (Å²) in [5, 5.41) is 6.31. The van der Waals surface area contributed by atoms with E-state index in [2.05, 4.69) is 19.9 Å². The number of hydrogen-bond donors (Lipinski definition) is 2. The van der Waals surface area contributed by atoms with Gasteiger partial charge in [-0.3, -0.25) is 4.79 Å². The van der Waals surface area contributed by atoms with Gasteiger partial charge in [0.1, 0.15) is 5.01 Å². The van der Waals surface area contributed by atoms with Gasteiger partial charge in [-0.1, -0.05) is 18.2 Å². The maximum absolute atomic E-state index is 13.2. The van der Waals surface area contributed by atoms with Crippen LogP contribution in [0.5, 0.6) is 0 Å². The highest BCUT2D eigenvalue weighted by Gasteiger charge is 2.46. The van der Waals surface area contributed by atoms with Crippen LogP contribution in [0, 0.1) is 0 Å². The van der Waals surface area contributed by atoms with E-state index >= 15 is 0 Å². The summed E-state index contributed by atoms with van der Waals surface area (Å²) in [7, 11) is -6.71. The van der Waals surface area contributed by atoms with Crippen molar-refractivity contribution in [3.05, 3.63) is 64.8 Å². The monoisotopic (exact) mass is 583 g/mol. The third-order valence-corrected chi connectivity index (χ3v) is 8.63. The molecule has 200 valence electrons. The van der Waals surface area contributed by atoms with E-state index in [0.717, 1.165) is 22.5 Å². The highest BCUT2D eigenvalue weighted by molar-refractivity contribution is 7.91. The fourth-order valence-electron chi connectivity index (χ4n) is 3.95. The summed E-state index contributed by atoms with van der Waals surface area (Å²) in [6.45, 7) is -1.50. The number of rotatable bonds is 8. The Morgan fingerprint density at radius 1 is 1.18 bits per heavy atom. The Morgan fingerprint density at radius 2 is 1.92 bits per heavy atom. The van der Waals surface area contributed by atoms with Crippen molar-refractivity contribution in [1.29, 1.82) is 0 Å². The van der Waals surface area contributed by atoms with E-state index in [1.54, 1.807) is 42.5 Å². The first-order chi connectivity index (χ1) is 17.9. The molecule has 0 aliphatic carbocycles. The molecule has 38 heavy (non-hydrogen) atoms. The first-order valence-electron chi connectivity index (χ1n) is 11.0. The van der Waals surface area contributed by atoms with Gasteiger partial charge in [-0.15, -0.1) is 21.5 Å². The molecule has 3 heterocycles. The molecule has 0 spiro atoms. The smallest absolute Gasteiger partial charge is 0.282 e. The number of benzene rings is 2. The Hall–Kier alpha value is -3.34. The van der Waals surface area contributed by atoms with E-state index in [1.807, 2.05) is 0 Å². The van der Waals surface area contributed by atoms with E-state index in [0.29, 0.717) is 21.3 Å². The third-order valence-electron chi connectivity index (χ3n) is 5.70. The minimum atomic E-state index is -3.81. The Balaban J connectivity index is 1.44.